The van der Waals surface area contributed by atoms with Crippen LogP contribution in [0.3, 0.4) is 0 Å². The highest BCUT2D eigenvalue weighted by Gasteiger charge is 2.22. The van der Waals surface area contributed by atoms with E-state index < -0.39 is 0 Å². The Hall–Kier alpha value is -2.85. The van der Waals surface area contributed by atoms with Gasteiger partial charge in [-0.3, -0.25) is 0 Å². The predicted octanol–water partition coefficient (Wildman–Crippen LogP) is 21.8. The van der Waals surface area contributed by atoms with Crippen molar-refractivity contribution in [1.29, 1.82) is 0 Å². The van der Waals surface area contributed by atoms with Gasteiger partial charge < -0.3 is 40.9 Å². The summed E-state index contributed by atoms with van der Waals surface area (Å²) in [7, 11) is 0. The van der Waals surface area contributed by atoms with Crippen molar-refractivity contribution in [1.82, 2.24) is 0 Å². The number of hydrogen-bond donors (Lipinski definition) is 8. The van der Waals surface area contributed by atoms with Crippen LogP contribution in [0.2, 0.25) is 80.4 Å². The molecule has 0 aliphatic heterocycles. The fraction of sp³-hybridized carbons (Fsp3) is 0.0588. The van der Waals surface area contributed by atoms with E-state index in [0.29, 0.717) is 68.6 Å². The van der Waals surface area contributed by atoms with Crippen molar-refractivity contribution >= 4 is 197 Å². The maximum absolute atomic E-state index is 10.0. The van der Waals surface area contributed by atoms with E-state index in [1.165, 1.54) is 60.7 Å². The standard InChI is InChI=1S/C13H6Cl6O2.C13H8Cl4O2.C13H10Cl2O2.C12H6Cl4O2S/c14-6-2-8(16)12(20)4(10(6)18)1-5-11(19)7(15)3-9(17)13(5)21;14-8-2-6(12(18)4-10(8)16)1-7-3-9(15)11(17)5-13(7)19;14-10-1-3-12(16)8(6-10)5-9-7-11(15)2-4-13(9)17;13-5-1-7(15)11(17)9(3-5)19-10-4-6(14)2-8(16)12(10)18/h2-3,20-21H,1H2;2-5,18-19H,1H2;1-4,6-7,16-17H,5H2;1-4,17-18H. The van der Waals surface area contributed by atoms with Gasteiger partial charge in [-0.2, -0.15) is 0 Å². The molecule has 8 N–H and O–H groups in total. The number of rotatable bonds is 8. The van der Waals surface area contributed by atoms with Crippen molar-refractivity contribution in [3.63, 3.8) is 0 Å². The summed E-state index contributed by atoms with van der Waals surface area (Å²) in [6.45, 7) is 0. The molecule has 0 saturated carbocycles. The fourth-order valence-electron chi connectivity index (χ4n) is 6.37. The maximum atomic E-state index is 10.0. The Morgan fingerprint density at radius 2 is 0.579 bits per heavy atom. The van der Waals surface area contributed by atoms with Crippen LogP contribution in [0.15, 0.2) is 107 Å². The number of phenols is 8. The van der Waals surface area contributed by atoms with E-state index in [1.54, 1.807) is 36.4 Å². The molecule has 8 nitrogen and oxygen atoms in total. The molecule has 76 heavy (non-hydrogen) atoms. The van der Waals surface area contributed by atoms with Gasteiger partial charge in [-0.25, -0.2) is 0 Å². The van der Waals surface area contributed by atoms with Crippen LogP contribution in [-0.2, 0) is 19.3 Å². The minimum absolute atomic E-state index is 0.000118. The summed E-state index contributed by atoms with van der Waals surface area (Å²) >= 11 is 95.2. The first kappa shape index (κ1) is 64.0. The second kappa shape index (κ2) is 28.5. The Morgan fingerprint density at radius 1 is 0.263 bits per heavy atom. The van der Waals surface area contributed by atoms with Crippen LogP contribution in [0.1, 0.15) is 33.4 Å². The van der Waals surface area contributed by atoms with Crippen LogP contribution in [0, 0.1) is 0 Å². The van der Waals surface area contributed by atoms with E-state index in [9.17, 15) is 40.9 Å². The van der Waals surface area contributed by atoms with Gasteiger partial charge in [0.1, 0.15) is 46.0 Å². The van der Waals surface area contributed by atoms with E-state index in [4.69, 9.17) is 186 Å². The molecule has 0 spiro atoms. The van der Waals surface area contributed by atoms with E-state index in [-0.39, 0.29) is 120 Å². The third-order valence-corrected chi connectivity index (χ3v) is 16.3. The molecule has 0 atom stereocenters. The van der Waals surface area contributed by atoms with Gasteiger partial charge in [0.2, 0.25) is 0 Å². The van der Waals surface area contributed by atoms with Crippen LogP contribution in [0.5, 0.6) is 46.0 Å². The zero-order chi connectivity index (χ0) is 56.6. The minimum atomic E-state index is -0.252. The molecule has 0 amide bonds. The van der Waals surface area contributed by atoms with Crippen LogP contribution in [0.25, 0.3) is 0 Å². The third-order valence-electron chi connectivity index (χ3n) is 10.1. The van der Waals surface area contributed by atoms with E-state index >= 15 is 0 Å². The Morgan fingerprint density at radius 3 is 0.934 bits per heavy atom. The van der Waals surface area contributed by atoms with Gasteiger partial charge >= 0.3 is 0 Å². The van der Waals surface area contributed by atoms with Crippen molar-refractivity contribution < 1.29 is 40.9 Å². The van der Waals surface area contributed by atoms with Crippen molar-refractivity contribution in [3.8, 4) is 46.0 Å². The quantitative estimate of drug-likeness (QED) is 0.0693. The molecule has 0 heterocycles. The highest BCUT2D eigenvalue weighted by atomic mass is 35.5. The summed E-state index contributed by atoms with van der Waals surface area (Å²) in [6, 6.07) is 23.9. The molecule has 0 unspecified atom stereocenters. The molecule has 0 aliphatic carbocycles. The molecule has 0 bridgehead atoms. The number of aromatic hydroxyl groups is 8. The van der Waals surface area contributed by atoms with E-state index in [2.05, 4.69) is 0 Å². The second-order valence-corrected chi connectivity index (χ2v) is 23.1. The van der Waals surface area contributed by atoms with Gasteiger partial charge in [0.15, 0.2) is 0 Å². The SMILES string of the molecule is Oc1c(Cl)cc(Cl)c(Cl)c1Cc1c(O)c(Cl)cc(Cl)c1Cl.Oc1c(Cl)cc(Cl)cc1Sc1cc(Cl)cc(Cl)c1O.Oc1cc(Cl)c(Cl)cc1Cc1cc(Cl)c(Cl)cc1O.Oc1ccc(Cl)cc1Cc1cc(Cl)ccc1O. The zero-order valence-electron chi connectivity index (χ0n) is 37.4. The third kappa shape index (κ3) is 17.1. The Balaban J connectivity index is 0.000000188. The van der Waals surface area contributed by atoms with Gasteiger partial charge in [-0.15, -0.1) is 0 Å². The molecule has 8 aromatic rings. The maximum Gasteiger partial charge on any atom is 0.148 e. The average Bonchev–Trinajstić information content (AvgIpc) is 3.34. The molecule has 0 fully saturated rings. The molecule has 0 aromatic heterocycles. The summed E-state index contributed by atoms with van der Waals surface area (Å²) in [4.78, 5) is 0.789. The lowest BCUT2D eigenvalue weighted by molar-refractivity contribution is 0.459. The van der Waals surface area contributed by atoms with Crippen molar-refractivity contribution in [3.05, 3.63) is 211 Å². The van der Waals surface area contributed by atoms with Gasteiger partial charge in [0, 0.05) is 62.6 Å². The lowest BCUT2D eigenvalue weighted by Crippen LogP contribution is -1.95. The number of hydrogen-bond acceptors (Lipinski definition) is 9. The summed E-state index contributed by atoms with van der Waals surface area (Å²) in [6.07, 6.45) is 0.583. The highest BCUT2D eigenvalue weighted by Crippen LogP contribution is 2.47. The van der Waals surface area contributed by atoms with Crippen molar-refractivity contribution in [2.24, 2.45) is 0 Å². The monoisotopic (exact) mass is 1360 g/mol. The van der Waals surface area contributed by atoms with Crippen LogP contribution >= 0.6 is 197 Å². The lowest BCUT2D eigenvalue weighted by atomic mass is 10.0. The molecule has 8 aromatic carbocycles. The second-order valence-electron chi connectivity index (χ2n) is 15.4. The Bertz CT molecular complexity index is 3200. The molecule has 0 aliphatic rings. The Labute approximate surface area is 518 Å². The topological polar surface area (TPSA) is 162 Å². The van der Waals surface area contributed by atoms with Crippen LogP contribution in [-0.4, -0.2) is 40.9 Å². The van der Waals surface area contributed by atoms with Gasteiger partial charge in [0.05, 0.1) is 70.1 Å². The van der Waals surface area contributed by atoms with Crippen LogP contribution < -0.4 is 0 Å². The summed E-state index contributed by atoms with van der Waals surface area (Å²) in [5.74, 6) is -0.448. The normalized spacial score (nSPS) is 10.7. The smallest absolute Gasteiger partial charge is 0.148 e. The van der Waals surface area contributed by atoms with E-state index in [1.807, 2.05) is 0 Å². The molecule has 25 heteroatoms. The summed E-state index contributed by atoms with van der Waals surface area (Å²) in [5, 5.41) is 82.6. The molecular weight excluding hydrogens is 1340 g/mol. The molecule has 0 saturated heterocycles. The van der Waals surface area contributed by atoms with Gasteiger partial charge in [-0.05, 0) is 107 Å². The molecular formula is C51H30Cl16O8S. The van der Waals surface area contributed by atoms with Crippen molar-refractivity contribution in [2.75, 3.05) is 0 Å². The largest absolute Gasteiger partial charge is 0.508 e. The molecule has 8 rings (SSSR count). The first-order valence-corrected chi connectivity index (χ1v) is 27.5. The van der Waals surface area contributed by atoms with Crippen molar-refractivity contribution in [2.45, 2.75) is 29.1 Å². The van der Waals surface area contributed by atoms with E-state index in [0.717, 1.165) is 11.8 Å². The predicted molar refractivity (Wildman–Crippen MR) is 318 cm³/mol. The Kier molecular flexibility index (Phi) is 24.0. The van der Waals surface area contributed by atoms with Gasteiger partial charge in [0.25, 0.3) is 0 Å². The van der Waals surface area contributed by atoms with Gasteiger partial charge in [-0.1, -0.05) is 197 Å². The minimum Gasteiger partial charge on any atom is -0.508 e. The number of phenolic OH excluding ortho intramolecular Hbond substituents is 8. The fourth-order valence-corrected chi connectivity index (χ4v) is 11.1. The molecule has 0 radical (unpaired) electrons. The summed E-state index contributed by atoms with van der Waals surface area (Å²) < 4.78 is 0. The average molecular weight is 1370 g/mol. The highest BCUT2D eigenvalue weighted by molar-refractivity contribution is 7.99. The van der Waals surface area contributed by atoms with Crippen LogP contribution in [0.4, 0.5) is 0 Å². The summed E-state index contributed by atoms with van der Waals surface area (Å²) in [5.41, 5.74) is 2.78. The number of benzene rings is 8. The lowest BCUT2D eigenvalue weighted by Gasteiger charge is -2.14. The number of halogens is 16. The molecule has 400 valence electrons. The zero-order valence-corrected chi connectivity index (χ0v) is 50.3. The first-order valence-electron chi connectivity index (χ1n) is 20.6. The first-order chi connectivity index (χ1) is 35.6.